The summed E-state index contributed by atoms with van der Waals surface area (Å²) in [6.07, 6.45) is 2.01. The topological polar surface area (TPSA) is 25.8 Å². The molecule has 2 nitrogen and oxygen atoms in total. The molecule has 0 fully saturated rings. The number of hydrogen-bond acceptors (Lipinski definition) is 4. The summed E-state index contributed by atoms with van der Waals surface area (Å²) >= 11 is 3.58. The third kappa shape index (κ3) is 4.07. The molecule has 27 heavy (non-hydrogen) atoms. The molecule has 0 unspecified atom stereocenters. The van der Waals surface area contributed by atoms with Crippen molar-refractivity contribution in [1.29, 1.82) is 0 Å². The van der Waals surface area contributed by atoms with Crippen molar-refractivity contribution in [3.05, 3.63) is 70.9 Å². The van der Waals surface area contributed by atoms with Gasteiger partial charge in [-0.3, -0.25) is 0 Å². The third-order valence-electron chi connectivity index (χ3n) is 4.80. The largest absolute Gasteiger partial charge is 0.231 e. The lowest BCUT2D eigenvalue weighted by Crippen LogP contribution is -2.10. The molecule has 0 saturated heterocycles. The molecule has 0 bridgehead atoms. The molecule has 138 valence electrons. The second-order valence-corrected chi connectivity index (χ2v) is 10.0. The van der Waals surface area contributed by atoms with Gasteiger partial charge in [0.05, 0.1) is 5.69 Å². The number of fused-ring (bicyclic) bond motifs is 3. The fraction of sp³-hybridized carbons (Fsp3) is 0.304. The lowest BCUT2D eigenvalue weighted by molar-refractivity contribution is 0.590. The van der Waals surface area contributed by atoms with Gasteiger partial charge in [0.1, 0.15) is 0 Å². The average molecular weight is 393 g/mol. The van der Waals surface area contributed by atoms with Crippen LogP contribution < -0.4 is 0 Å². The minimum Gasteiger partial charge on any atom is -0.231 e. The van der Waals surface area contributed by atoms with Gasteiger partial charge in [0.2, 0.25) is 0 Å². The maximum atomic E-state index is 4.91. The Balaban J connectivity index is 1.54. The smallest absolute Gasteiger partial charge is 0.188 e. The van der Waals surface area contributed by atoms with Crippen molar-refractivity contribution in [2.24, 2.45) is 0 Å². The Kier molecular flexibility index (Phi) is 5.04. The highest BCUT2D eigenvalue weighted by Gasteiger charge is 2.19. The Morgan fingerprint density at radius 3 is 2.59 bits per heavy atom. The first-order valence-electron chi connectivity index (χ1n) is 9.22. The van der Waals surface area contributed by atoms with Crippen LogP contribution in [0.4, 0.5) is 0 Å². The van der Waals surface area contributed by atoms with Gasteiger partial charge in [0.15, 0.2) is 5.16 Å². The molecule has 2 heterocycles. The number of thioether (sulfide) groups is 2. The van der Waals surface area contributed by atoms with E-state index in [-0.39, 0.29) is 5.41 Å². The number of benzene rings is 2. The Hall–Kier alpha value is -1.78. The molecule has 0 spiro atoms. The number of aromatic nitrogens is 2. The predicted octanol–water partition coefficient (Wildman–Crippen LogP) is 6.65. The highest BCUT2D eigenvalue weighted by molar-refractivity contribution is 7.98. The summed E-state index contributed by atoms with van der Waals surface area (Å²) in [5.41, 5.74) is 7.72. The molecule has 0 atom stereocenters. The van der Waals surface area contributed by atoms with Crippen molar-refractivity contribution < 1.29 is 0 Å². The number of nitrogens with zero attached hydrogens (tertiary/aromatic N) is 2. The summed E-state index contributed by atoms with van der Waals surface area (Å²) in [5, 5.41) is 0.855. The van der Waals surface area contributed by atoms with Gasteiger partial charge in [0.25, 0.3) is 0 Å². The van der Waals surface area contributed by atoms with Crippen molar-refractivity contribution in [2.45, 2.75) is 54.7 Å². The standard InChI is InChI=1S/C23H24N2S2/c1-15-5-10-20-19(11-15)21-17(14-26-20)12-24-22(25-21)27-13-16-6-8-18(9-7-16)23(2,3)4/h5-12H,13-14H2,1-4H3. The van der Waals surface area contributed by atoms with E-state index < -0.39 is 0 Å². The molecule has 0 aliphatic carbocycles. The zero-order chi connectivity index (χ0) is 19.0. The van der Waals surface area contributed by atoms with Crippen molar-refractivity contribution in [1.82, 2.24) is 9.97 Å². The number of hydrogen-bond donors (Lipinski definition) is 0. The zero-order valence-corrected chi connectivity index (χ0v) is 17.9. The summed E-state index contributed by atoms with van der Waals surface area (Å²) in [5.74, 6) is 1.84. The van der Waals surface area contributed by atoms with Gasteiger partial charge >= 0.3 is 0 Å². The Labute approximate surface area is 170 Å². The Bertz CT molecular complexity index is 973. The quantitative estimate of drug-likeness (QED) is 0.368. The minimum atomic E-state index is 0.191. The van der Waals surface area contributed by atoms with E-state index in [1.807, 2.05) is 18.0 Å². The molecular formula is C23H24N2S2. The summed E-state index contributed by atoms with van der Waals surface area (Å²) in [4.78, 5) is 10.8. The maximum absolute atomic E-state index is 4.91. The van der Waals surface area contributed by atoms with E-state index in [1.54, 1.807) is 11.8 Å². The highest BCUT2D eigenvalue weighted by Crippen LogP contribution is 2.41. The summed E-state index contributed by atoms with van der Waals surface area (Å²) < 4.78 is 0. The van der Waals surface area contributed by atoms with Crippen LogP contribution in [-0.4, -0.2) is 9.97 Å². The van der Waals surface area contributed by atoms with Gasteiger partial charge in [-0.1, -0.05) is 68.4 Å². The summed E-state index contributed by atoms with van der Waals surface area (Å²) in [6.45, 7) is 8.87. The number of aryl methyl sites for hydroxylation is 1. The second kappa shape index (κ2) is 7.33. The van der Waals surface area contributed by atoms with Crippen molar-refractivity contribution in [3.63, 3.8) is 0 Å². The molecule has 4 heteroatoms. The molecule has 1 aliphatic heterocycles. The van der Waals surface area contributed by atoms with Crippen LogP contribution in [0.3, 0.4) is 0 Å². The molecule has 0 radical (unpaired) electrons. The monoisotopic (exact) mass is 392 g/mol. The molecule has 0 amide bonds. The van der Waals surface area contributed by atoms with Crippen LogP contribution in [0.25, 0.3) is 11.3 Å². The SMILES string of the molecule is Cc1ccc2c(c1)-c1nc(SCc3ccc(C(C)(C)C)cc3)ncc1CS2. The molecule has 2 aromatic carbocycles. The van der Waals surface area contributed by atoms with Crippen LogP contribution in [0.1, 0.15) is 43.0 Å². The van der Waals surface area contributed by atoms with E-state index in [0.717, 1.165) is 22.4 Å². The van der Waals surface area contributed by atoms with Gasteiger partial charge in [0, 0.05) is 33.7 Å². The molecular weight excluding hydrogens is 368 g/mol. The normalized spacial score (nSPS) is 13.2. The molecule has 3 aromatic rings. The first-order chi connectivity index (χ1) is 12.9. The summed E-state index contributed by atoms with van der Waals surface area (Å²) in [7, 11) is 0. The van der Waals surface area contributed by atoms with Crippen LogP contribution in [0, 0.1) is 6.92 Å². The first kappa shape index (κ1) is 18.6. The van der Waals surface area contributed by atoms with Gasteiger partial charge in [-0.05, 0) is 35.6 Å². The predicted molar refractivity (Wildman–Crippen MR) is 116 cm³/mol. The highest BCUT2D eigenvalue weighted by atomic mass is 32.2. The fourth-order valence-electron chi connectivity index (χ4n) is 3.16. The van der Waals surface area contributed by atoms with Crippen LogP contribution in [-0.2, 0) is 16.9 Å². The van der Waals surface area contributed by atoms with E-state index >= 15 is 0 Å². The second-order valence-electron chi connectivity index (χ2n) is 8.05. The van der Waals surface area contributed by atoms with Crippen LogP contribution in [0.15, 0.2) is 58.7 Å². The van der Waals surface area contributed by atoms with Crippen LogP contribution in [0.2, 0.25) is 0 Å². The average Bonchev–Trinajstić information content (AvgIpc) is 2.66. The fourth-order valence-corrected chi connectivity index (χ4v) is 4.93. The van der Waals surface area contributed by atoms with Gasteiger partial charge in [-0.2, -0.15) is 0 Å². The van der Waals surface area contributed by atoms with Gasteiger partial charge in [-0.25, -0.2) is 9.97 Å². The van der Waals surface area contributed by atoms with E-state index in [4.69, 9.17) is 4.98 Å². The molecule has 1 aliphatic rings. The molecule has 4 rings (SSSR count). The van der Waals surface area contributed by atoms with E-state index in [2.05, 4.69) is 75.1 Å². The van der Waals surface area contributed by atoms with E-state index in [0.29, 0.717) is 0 Å². The Morgan fingerprint density at radius 1 is 1.07 bits per heavy atom. The minimum absolute atomic E-state index is 0.191. The van der Waals surface area contributed by atoms with Crippen molar-refractivity contribution in [2.75, 3.05) is 0 Å². The lowest BCUT2D eigenvalue weighted by atomic mass is 9.87. The van der Waals surface area contributed by atoms with E-state index in [1.165, 1.54) is 32.7 Å². The Morgan fingerprint density at radius 2 is 1.85 bits per heavy atom. The van der Waals surface area contributed by atoms with Gasteiger partial charge < -0.3 is 0 Å². The first-order valence-corrected chi connectivity index (χ1v) is 11.2. The number of rotatable bonds is 3. The van der Waals surface area contributed by atoms with Crippen LogP contribution in [0.5, 0.6) is 0 Å². The lowest BCUT2D eigenvalue weighted by Gasteiger charge is -2.19. The summed E-state index contributed by atoms with van der Waals surface area (Å²) in [6, 6.07) is 15.5. The molecule has 0 saturated carbocycles. The van der Waals surface area contributed by atoms with Gasteiger partial charge in [-0.15, -0.1) is 11.8 Å². The van der Waals surface area contributed by atoms with Crippen molar-refractivity contribution >= 4 is 23.5 Å². The van der Waals surface area contributed by atoms with Crippen molar-refractivity contribution in [3.8, 4) is 11.3 Å². The molecule has 1 aromatic heterocycles. The zero-order valence-electron chi connectivity index (χ0n) is 16.2. The van der Waals surface area contributed by atoms with Crippen LogP contribution >= 0.6 is 23.5 Å². The van der Waals surface area contributed by atoms with E-state index in [9.17, 15) is 0 Å². The molecule has 0 N–H and O–H groups in total. The third-order valence-corrected chi connectivity index (χ3v) is 6.86. The maximum Gasteiger partial charge on any atom is 0.188 e.